The summed E-state index contributed by atoms with van der Waals surface area (Å²) in [6.45, 7) is 0. The van der Waals surface area contributed by atoms with Crippen LogP contribution in [-0.2, 0) is 0 Å². The van der Waals surface area contributed by atoms with E-state index < -0.39 is 5.97 Å². The molecule has 106 valence electrons. The second kappa shape index (κ2) is 7.25. The van der Waals surface area contributed by atoms with Gasteiger partial charge in [0.1, 0.15) is 0 Å². The number of carboxylic acid groups (broad SMARTS) is 1. The van der Waals surface area contributed by atoms with Gasteiger partial charge in [0.25, 0.3) is 0 Å². The Balaban J connectivity index is 3.43. The van der Waals surface area contributed by atoms with Gasteiger partial charge in [-0.25, -0.2) is 9.79 Å². The molecule has 0 amide bonds. The van der Waals surface area contributed by atoms with Crippen LogP contribution in [0.4, 0.5) is 5.69 Å². The highest BCUT2D eigenvalue weighted by atomic mass is 32.2. The highest BCUT2D eigenvalue weighted by molar-refractivity contribution is 8.13. The van der Waals surface area contributed by atoms with Crippen LogP contribution in [-0.4, -0.2) is 36.7 Å². The normalized spacial score (nSPS) is 10.6. The average molecular weight is 295 g/mol. The number of carboxylic acids is 1. The van der Waals surface area contributed by atoms with Crippen LogP contribution in [0.3, 0.4) is 0 Å². The standard InChI is InChI=1S/C12H13N3O4S/c1-18-9-4-7(11(16)17)8(5-10(9)19-2)15-12(20-3)14-6-13/h4-5H,1-3H3,(H,14,15)(H,16,17). The third kappa shape index (κ3) is 3.55. The number of nitrogens with zero attached hydrogens (tertiary/aromatic N) is 2. The summed E-state index contributed by atoms with van der Waals surface area (Å²) in [5, 5.41) is 20.4. The Kier molecular flexibility index (Phi) is 5.68. The van der Waals surface area contributed by atoms with Crippen molar-refractivity contribution in [3.05, 3.63) is 17.7 Å². The molecule has 0 aliphatic carbocycles. The zero-order valence-corrected chi connectivity index (χ0v) is 11.9. The quantitative estimate of drug-likeness (QED) is 0.378. The van der Waals surface area contributed by atoms with Gasteiger partial charge in [0.2, 0.25) is 0 Å². The van der Waals surface area contributed by atoms with Crippen molar-refractivity contribution in [1.82, 2.24) is 5.32 Å². The number of nitriles is 1. The lowest BCUT2D eigenvalue weighted by Crippen LogP contribution is -2.13. The average Bonchev–Trinajstić information content (AvgIpc) is 2.45. The van der Waals surface area contributed by atoms with Gasteiger partial charge < -0.3 is 14.6 Å². The van der Waals surface area contributed by atoms with Crippen molar-refractivity contribution < 1.29 is 19.4 Å². The van der Waals surface area contributed by atoms with Gasteiger partial charge in [-0.3, -0.25) is 5.32 Å². The Morgan fingerprint density at radius 3 is 2.45 bits per heavy atom. The molecule has 0 radical (unpaired) electrons. The van der Waals surface area contributed by atoms with E-state index in [4.69, 9.17) is 14.7 Å². The SMILES string of the molecule is COc1cc(N=C(NC#N)SC)c(C(=O)O)cc1OC. The van der Waals surface area contributed by atoms with Crippen molar-refractivity contribution in [1.29, 1.82) is 5.26 Å². The number of aliphatic imine (C=N–C) groups is 1. The summed E-state index contributed by atoms with van der Waals surface area (Å²) in [7, 11) is 2.85. The number of hydrogen-bond acceptors (Lipinski definition) is 6. The topological polar surface area (TPSA) is 104 Å². The zero-order valence-electron chi connectivity index (χ0n) is 11.1. The van der Waals surface area contributed by atoms with E-state index in [2.05, 4.69) is 10.3 Å². The molecule has 2 N–H and O–H groups in total. The van der Waals surface area contributed by atoms with Gasteiger partial charge in [-0.1, -0.05) is 11.8 Å². The minimum Gasteiger partial charge on any atom is -0.493 e. The Bertz CT molecular complexity index is 581. The number of nitrogens with one attached hydrogen (secondary N) is 1. The Labute approximate surface area is 120 Å². The first-order valence-electron chi connectivity index (χ1n) is 5.34. The highest BCUT2D eigenvalue weighted by Gasteiger charge is 2.16. The van der Waals surface area contributed by atoms with Crippen LogP contribution in [0.1, 0.15) is 10.4 Å². The van der Waals surface area contributed by atoms with Crippen molar-refractivity contribution in [2.45, 2.75) is 0 Å². The first-order chi connectivity index (χ1) is 9.57. The summed E-state index contributed by atoms with van der Waals surface area (Å²) >= 11 is 1.18. The molecule has 0 aromatic heterocycles. The molecule has 7 nitrogen and oxygen atoms in total. The molecule has 0 aliphatic rings. The molecule has 0 heterocycles. The van der Waals surface area contributed by atoms with E-state index in [1.54, 1.807) is 12.4 Å². The minimum atomic E-state index is -1.15. The van der Waals surface area contributed by atoms with Gasteiger partial charge in [0.05, 0.1) is 25.5 Å². The molecule has 1 aromatic rings. The van der Waals surface area contributed by atoms with E-state index >= 15 is 0 Å². The van der Waals surface area contributed by atoms with Crippen LogP contribution < -0.4 is 14.8 Å². The third-order valence-electron chi connectivity index (χ3n) is 2.31. The lowest BCUT2D eigenvalue weighted by Gasteiger charge is -2.11. The largest absolute Gasteiger partial charge is 0.493 e. The van der Waals surface area contributed by atoms with Crippen LogP contribution in [0.2, 0.25) is 0 Å². The fraction of sp³-hybridized carbons (Fsp3) is 0.250. The molecule has 1 aromatic carbocycles. The Morgan fingerprint density at radius 2 is 2.00 bits per heavy atom. The lowest BCUT2D eigenvalue weighted by molar-refractivity contribution is 0.0697. The maximum Gasteiger partial charge on any atom is 0.338 e. The van der Waals surface area contributed by atoms with Crippen LogP contribution in [0.25, 0.3) is 0 Å². The number of hydrogen-bond donors (Lipinski definition) is 2. The predicted molar refractivity (Wildman–Crippen MR) is 75.9 cm³/mol. The fourth-order valence-electron chi connectivity index (χ4n) is 1.41. The second-order valence-electron chi connectivity index (χ2n) is 3.39. The van der Waals surface area contributed by atoms with Gasteiger partial charge in [-0.05, 0) is 6.26 Å². The van der Waals surface area contributed by atoms with Gasteiger partial charge in [0.15, 0.2) is 22.9 Å². The number of amidine groups is 1. The van der Waals surface area contributed by atoms with E-state index in [9.17, 15) is 9.90 Å². The molecular weight excluding hydrogens is 282 g/mol. The van der Waals surface area contributed by atoms with Crippen molar-refractivity contribution in [3.63, 3.8) is 0 Å². The number of rotatable bonds is 4. The van der Waals surface area contributed by atoms with Crippen LogP contribution in [0.5, 0.6) is 11.5 Å². The van der Waals surface area contributed by atoms with Gasteiger partial charge >= 0.3 is 5.97 Å². The molecule has 8 heteroatoms. The summed E-state index contributed by atoms with van der Waals surface area (Å²) in [5.74, 6) is -0.501. The van der Waals surface area contributed by atoms with Crippen LogP contribution in [0, 0.1) is 11.5 Å². The summed E-state index contributed by atoms with van der Waals surface area (Å²) in [6.07, 6.45) is 3.45. The number of ether oxygens (including phenoxy) is 2. The van der Waals surface area contributed by atoms with Gasteiger partial charge in [0, 0.05) is 12.1 Å². The van der Waals surface area contributed by atoms with E-state index in [1.165, 1.54) is 38.1 Å². The fourth-order valence-corrected chi connectivity index (χ4v) is 1.75. The molecule has 0 spiro atoms. The van der Waals surface area contributed by atoms with Crippen LogP contribution in [0.15, 0.2) is 17.1 Å². The molecule has 0 atom stereocenters. The number of benzene rings is 1. The van der Waals surface area contributed by atoms with E-state index in [0.29, 0.717) is 11.5 Å². The summed E-state index contributed by atoms with van der Waals surface area (Å²) in [5.41, 5.74) is 0.121. The minimum absolute atomic E-state index is 0.0473. The van der Waals surface area contributed by atoms with Crippen molar-refractivity contribution in [3.8, 4) is 17.7 Å². The van der Waals surface area contributed by atoms with E-state index in [1.807, 2.05) is 0 Å². The first kappa shape index (κ1) is 15.7. The molecule has 1 rings (SSSR count). The second-order valence-corrected chi connectivity index (χ2v) is 4.18. The van der Waals surface area contributed by atoms with E-state index in [-0.39, 0.29) is 16.4 Å². The number of carbonyl (C=O) groups is 1. The van der Waals surface area contributed by atoms with Crippen molar-refractivity contribution >= 4 is 28.6 Å². The smallest absolute Gasteiger partial charge is 0.338 e. The first-order valence-corrected chi connectivity index (χ1v) is 6.57. The monoisotopic (exact) mass is 295 g/mol. The third-order valence-corrected chi connectivity index (χ3v) is 2.89. The summed E-state index contributed by atoms with van der Waals surface area (Å²) in [4.78, 5) is 15.4. The maximum atomic E-state index is 11.3. The predicted octanol–water partition coefficient (Wildman–Crippen LogP) is 1.82. The molecule has 0 fully saturated rings. The Hall–Kier alpha value is -2.40. The van der Waals surface area contributed by atoms with Crippen LogP contribution >= 0.6 is 11.8 Å². The molecule has 0 saturated heterocycles. The molecule has 0 saturated carbocycles. The molecular formula is C12H13N3O4S. The van der Waals surface area contributed by atoms with Crippen molar-refractivity contribution in [2.24, 2.45) is 4.99 Å². The summed E-state index contributed by atoms with van der Waals surface area (Å²) < 4.78 is 10.2. The lowest BCUT2D eigenvalue weighted by atomic mass is 10.1. The number of methoxy groups -OCH3 is 2. The molecule has 20 heavy (non-hydrogen) atoms. The molecule has 0 unspecified atom stereocenters. The van der Waals surface area contributed by atoms with Crippen molar-refractivity contribution in [2.75, 3.05) is 20.5 Å². The van der Waals surface area contributed by atoms with E-state index in [0.717, 1.165) is 0 Å². The summed E-state index contributed by atoms with van der Waals surface area (Å²) in [6, 6.07) is 2.77. The Morgan fingerprint density at radius 1 is 1.40 bits per heavy atom. The number of thioether (sulfide) groups is 1. The highest BCUT2D eigenvalue weighted by Crippen LogP contribution is 2.35. The molecule has 0 aliphatic heterocycles. The van der Waals surface area contributed by atoms with Gasteiger partial charge in [-0.2, -0.15) is 5.26 Å². The number of aromatic carboxylic acids is 1. The zero-order chi connectivity index (χ0) is 15.1. The molecule has 0 bridgehead atoms. The maximum absolute atomic E-state index is 11.3. The van der Waals surface area contributed by atoms with Gasteiger partial charge in [-0.15, -0.1) is 0 Å².